The van der Waals surface area contributed by atoms with Gasteiger partial charge < -0.3 is 15.2 Å². The van der Waals surface area contributed by atoms with Gasteiger partial charge in [0.25, 0.3) is 0 Å². The van der Waals surface area contributed by atoms with E-state index in [1.165, 1.54) is 11.1 Å². The minimum atomic E-state index is 0.0129. The Morgan fingerprint density at radius 1 is 1.31 bits per heavy atom. The summed E-state index contributed by atoms with van der Waals surface area (Å²) in [6.45, 7) is 0.633. The zero-order chi connectivity index (χ0) is 11.6. The first-order chi connectivity index (χ1) is 7.67. The molecule has 0 heterocycles. The summed E-state index contributed by atoms with van der Waals surface area (Å²) in [5, 5.41) is 0. The molecule has 0 aromatic heterocycles. The molecule has 3 heteroatoms. The lowest BCUT2D eigenvalue weighted by Crippen LogP contribution is -2.24. The number of hydrogen-bond acceptors (Lipinski definition) is 3. The molecule has 1 aliphatic carbocycles. The summed E-state index contributed by atoms with van der Waals surface area (Å²) in [5.41, 5.74) is 8.51. The van der Waals surface area contributed by atoms with E-state index in [4.69, 9.17) is 15.2 Å². The van der Waals surface area contributed by atoms with Gasteiger partial charge in [-0.1, -0.05) is 6.07 Å². The summed E-state index contributed by atoms with van der Waals surface area (Å²) in [4.78, 5) is 0. The molecule has 0 bridgehead atoms. The van der Waals surface area contributed by atoms with Crippen LogP contribution in [0, 0.1) is 0 Å². The predicted molar refractivity (Wildman–Crippen MR) is 63.6 cm³/mol. The third-order valence-electron chi connectivity index (χ3n) is 3.09. The predicted octanol–water partition coefficient (Wildman–Crippen LogP) is 1.88. The third kappa shape index (κ3) is 2.54. The van der Waals surface area contributed by atoms with Crippen LogP contribution in [0.15, 0.2) is 18.2 Å². The maximum atomic E-state index is 6.14. The Labute approximate surface area is 96.5 Å². The maximum Gasteiger partial charge on any atom is 0.122 e. The van der Waals surface area contributed by atoms with Crippen molar-refractivity contribution >= 4 is 0 Å². The van der Waals surface area contributed by atoms with E-state index in [1.54, 1.807) is 14.2 Å². The second-order valence-electron chi connectivity index (χ2n) is 4.62. The summed E-state index contributed by atoms with van der Waals surface area (Å²) < 4.78 is 10.5. The molecule has 1 aromatic rings. The molecular weight excluding hydrogens is 202 g/mol. The van der Waals surface area contributed by atoms with Crippen molar-refractivity contribution in [2.45, 2.75) is 31.4 Å². The van der Waals surface area contributed by atoms with Gasteiger partial charge in [0.2, 0.25) is 0 Å². The second-order valence-corrected chi connectivity index (χ2v) is 4.62. The Balaban J connectivity index is 2.20. The quantitative estimate of drug-likeness (QED) is 0.825. The van der Waals surface area contributed by atoms with Crippen LogP contribution >= 0.6 is 0 Å². The fourth-order valence-electron chi connectivity index (χ4n) is 1.94. The van der Waals surface area contributed by atoms with Crippen LogP contribution in [0.5, 0.6) is 5.75 Å². The number of benzene rings is 1. The molecule has 2 N–H and O–H groups in total. The normalized spacial score (nSPS) is 17.2. The fourth-order valence-corrected chi connectivity index (χ4v) is 1.94. The molecule has 0 amide bonds. The maximum absolute atomic E-state index is 6.14. The topological polar surface area (TPSA) is 44.5 Å². The highest BCUT2D eigenvalue weighted by Gasteiger charge is 2.38. The van der Waals surface area contributed by atoms with Gasteiger partial charge >= 0.3 is 0 Å². The average Bonchev–Trinajstić information content (AvgIpc) is 2.97. The highest BCUT2D eigenvalue weighted by atomic mass is 16.5. The summed E-state index contributed by atoms with van der Waals surface area (Å²) in [7, 11) is 3.40. The molecule has 3 nitrogen and oxygen atoms in total. The standard InChI is InChI=1S/C13H19NO2/c1-15-9-10-3-4-12(16-2)11(7-10)8-13(14)5-6-13/h3-4,7H,5-6,8-9,14H2,1-2H3. The van der Waals surface area contributed by atoms with Crippen LogP contribution in [0.1, 0.15) is 24.0 Å². The van der Waals surface area contributed by atoms with Gasteiger partial charge in [-0.25, -0.2) is 0 Å². The molecular formula is C13H19NO2. The molecule has 0 radical (unpaired) electrons. The fraction of sp³-hybridized carbons (Fsp3) is 0.538. The molecule has 1 saturated carbocycles. The minimum absolute atomic E-state index is 0.0129. The van der Waals surface area contributed by atoms with E-state index in [1.807, 2.05) is 12.1 Å². The summed E-state index contributed by atoms with van der Waals surface area (Å²) in [5.74, 6) is 0.927. The van der Waals surface area contributed by atoms with E-state index >= 15 is 0 Å². The Morgan fingerprint density at radius 3 is 2.62 bits per heavy atom. The van der Waals surface area contributed by atoms with Crippen molar-refractivity contribution in [1.29, 1.82) is 0 Å². The number of nitrogens with two attached hydrogens (primary N) is 1. The van der Waals surface area contributed by atoms with Crippen molar-refractivity contribution in [3.63, 3.8) is 0 Å². The van der Waals surface area contributed by atoms with Crippen LogP contribution in [0.25, 0.3) is 0 Å². The number of hydrogen-bond donors (Lipinski definition) is 1. The van der Waals surface area contributed by atoms with Crippen LogP contribution in [-0.4, -0.2) is 19.8 Å². The van der Waals surface area contributed by atoms with Crippen molar-refractivity contribution in [1.82, 2.24) is 0 Å². The molecule has 1 aromatic carbocycles. The molecule has 0 atom stereocenters. The van der Waals surface area contributed by atoms with Gasteiger partial charge in [0.05, 0.1) is 13.7 Å². The van der Waals surface area contributed by atoms with Crippen LogP contribution in [0.3, 0.4) is 0 Å². The molecule has 88 valence electrons. The zero-order valence-electron chi connectivity index (χ0n) is 9.95. The lowest BCUT2D eigenvalue weighted by Gasteiger charge is -2.14. The Hall–Kier alpha value is -1.06. The van der Waals surface area contributed by atoms with E-state index in [9.17, 15) is 0 Å². The Bertz CT molecular complexity index is 372. The van der Waals surface area contributed by atoms with Gasteiger partial charge in [0, 0.05) is 12.6 Å². The molecule has 1 fully saturated rings. The van der Waals surface area contributed by atoms with E-state index in [-0.39, 0.29) is 5.54 Å². The SMILES string of the molecule is COCc1ccc(OC)c(CC2(N)CC2)c1. The smallest absolute Gasteiger partial charge is 0.122 e. The van der Waals surface area contributed by atoms with E-state index in [0.29, 0.717) is 6.61 Å². The largest absolute Gasteiger partial charge is 0.496 e. The summed E-state index contributed by atoms with van der Waals surface area (Å²) in [6.07, 6.45) is 3.13. The van der Waals surface area contributed by atoms with Crippen LogP contribution in [-0.2, 0) is 17.8 Å². The minimum Gasteiger partial charge on any atom is -0.496 e. The lowest BCUT2D eigenvalue weighted by molar-refractivity contribution is 0.184. The van der Waals surface area contributed by atoms with Crippen molar-refractivity contribution in [2.75, 3.05) is 14.2 Å². The first-order valence-corrected chi connectivity index (χ1v) is 5.60. The average molecular weight is 221 g/mol. The van der Waals surface area contributed by atoms with Crippen molar-refractivity contribution in [3.05, 3.63) is 29.3 Å². The first kappa shape index (κ1) is 11.4. The van der Waals surface area contributed by atoms with Crippen LogP contribution in [0.2, 0.25) is 0 Å². The molecule has 16 heavy (non-hydrogen) atoms. The van der Waals surface area contributed by atoms with Gasteiger partial charge in [-0.05, 0) is 42.5 Å². The van der Waals surface area contributed by atoms with E-state index in [0.717, 1.165) is 25.0 Å². The monoisotopic (exact) mass is 221 g/mol. The molecule has 1 aliphatic rings. The highest BCUT2D eigenvalue weighted by molar-refractivity contribution is 5.39. The second kappa shape index (κ2) is 4.44. The van der Waals surface area contributed by atoms with Crippen LogP contribution in [0.4, 0.5) is 0 Å². The van der Waals surface area contributed by atoms with E-state index in [2.05, 4.69) is 6.07 Å². The number of methoxy groups -OCH3 is 2. The molecule has 0 saturated heterocycles. The lowest BCUT2D eigenvalue weighted by atomic mass is 10.0. The van der Waals surface area contributed by atoms with E-state index < -0.39 is 0 Å². The highest BCUT2D eigenvalue weighted by Crippen LogP contribution is 2.38. The first-order valence-electron chi connectivity index (χ1n) is 5.60. The van der Waals surface area contributed by atoms with Gasteiger partial charge in [-0.2, -0.15) is 0 Å². The van der Waals surface area contributed by atoms with Gasteiger partial charge in [-0.3, -0.25) is 0 Å². The summed E-state index contributed by atoms with van der Waals surface area (Å²) in [6, 6.07) is 6.16. The zero-order valence-corrected chi connectivity index (χ0v) is 9.95. The number of rotatable bonds is 5. The molecule has 2 rings (SSSR count). The molecule has 0 spiro atoms. The molecule has 0 aliphatic heterocycles. The molecule has 0 unspecified atom stereocenters. The van der Waals surface area contributed by atoms with Crippen LogP contribution < -0.4 is 10.5 Å². The van der Waals surface area contributed by atoms with Crippen molar-refractivity contribution in [2.24, 2.45) is 5.73 Å². The van der Waals surface area contributed by atoms with Gasteiger partial charge in [-0.15, -0.1) is 0 Å². The van der Waals surface area contributed by atoms with Crippen molar-refractivity contribution in [3.8, 4) is 5.75 Å². The van der Waals surface area contributed by atoms with Gasteiger partial charge in [0.15, 0.2) is 0 Å². The number of ether oxygens (including phenoxy) is 2. The summed E-state index contributed by atoms with van der Waals surface area (Å²) >= 11 is 0. The Kier molecular flexibility index (Phi) is 3.17. The van der Waals surface area contributed by atoms with Gasteiger partial charge in [0.1, 0.15) is 5.75 Å². The van der Waals surface area contributed by atoms with Crippen molar-refractivity contribution < 1.29 is 9.47 Å². The third-order valence-corrected chi connectivity index (χ3v) is 3.09. The Morgan fingerprint density at radius 2 is 2.06 bits per heavy atom.